The molecule has 5 nitrogen and oxygen atoms in total. The summed E-state index contributed by atoms with van der Waals surface area (Å²) in [5.74, 6) is -0.728. The van der Waals surface area contributed by atoms with E-state index in [1.807, 2.05) is 0 Å². The Bertz CT molecular complexity index is 463. The maximum atomic E-state index is 12.7. The van der Waals surface area contributed by atoms with Gasteiger partial charge in [0.1, 0.15) is 5.70 Å². The number of azide groups is 1. The lowest BCUT2D eigenvalue weighted by molar-refractivity contribution is -0.138. The van der Waals surface area contributed by atoms with Gasteiger partial charge in [-0.15, -0.1) is 11.3 Å². The van der Waals surface area contributed by atoms with Crippen molar-refractivity contribution >= 4 is 23.4 Å². The van der Waals surface area contributed by atoms with Gasteiger partial charge < -0.3 is 4.74 Å². The van der Waals surface area contributed by atoms with Crippen molar-refractivity contribution in [3.05, 3.63) is 38.3 Å². The van der Waals surface area contributed by atoms with Gasteiger partial charge in [-0.05, 0) is 30.7 Å². The summed E-state index contributed by atoms with van der Waals surface area (Å²) in [6.07, 6.45) is 1.28. The highest BCUT2D eigenvalue weighted by Crippen LogP contribution is 2.18. The van der Waals surface area contributed by atoms with Gasteiger partial charge in [0.05, 0.1) is 6.61 Å². The van der Waals surface area contributed by atoms with Crippen LogP contribution in [0.1, 0.15) is 11.8 Å². The zero-order valence-electron chi connectivity index (χ0n) is 8.38. The molecule has 0 saturated carbocycles. The summed E-state index contributed by atoms with van der Waals surface area (Å²) < 4.78 is 17.4. The predicted molar refractivity (Wildman–Crippen MR) is 58.0 cm³/mol. The van der Waals surface area contributed by atoms with Crippen molar-refractivity contribution < 1.29 is 13.9 Å². The third-order valence-corrected chi connectivity index (χ3v) is 2.33. The number of esters is 1. The van der Waals surface area contributed by atoms with Crippen LogP contribution in [0.4, 0.5) is 4.39 Å². The SMILES string of the molecule is CCOC(=O)/C(=C/c1ccc(F)s1)N=[N+]=[N-]. The predicted octanol–water partition coefficient (Wildman–Crippen LogP) is 3.10. The van der Waals surface area contributed by atoms with Crippen LogP contribution in [0.2, 0.25) is 0 Å². The molecule has 0 N–H and O–H groups in total. The quantitative estimate of drug-likeness (QED) is 0.267. The van der Waals surface area contributed by atoms with Crippen LogP contribution in [0.25, 0.3) is 16.5 Å². The summed E-state index contributed by atoms with van der Waals surface area (Å²) in [6, 6.07) is 2.74. The number of nitrogens with zero attached hydrogens (tertiary/aromatic N) is 3. The molecule has 84 valence electrons. The molecule has 0 aliphatic heterocycles. The fraction of sp³-hybridized carbons (Fsp3) is 0.222. The van der Waals surface area contributed by atoms with Crippen LogP contribution in [0.3, 0.4) is 0 Å². The Kier molecular flexibility index (Phi) is 4.50. The molecule has 0 saturated heterocycles. The first-order valence-corrected chi connectivity index (χ1v) is 5.18. The minimum Gasteiger partial charge on any atom is -0.462 e. The molecule has 0 fully saturated rings. The van der Waals surface area contributed by atoms with Gasteiger partial charge in [0.2, 0.25) is 0 Å². The number of thiophene rings is 1. The van der Waals surface area contributed by atoms with E-state index in [0.717, 1.165) is 11.3 Å². The molecule has 7 heteroatoms. The van der Waals surface area contributed by atoms with Gasteiger partial charge in [-0.3, -0.25) is 0 Å². The van der Waals surface area contributed by atoms with E-state index in [4.69, 9.17) is 5.53 Å². The summed E-state index contributed by atoms with van der Waals surface area (Å²) in [6.45, 7) is 1.81. The van der Waals surface area contributed by atoms with Gasteiger partial charge in [0.25, 0.3) is 0 Å². The molecular weight excluding hydrogens is 233 g/mol. The third kappa shape index (κ3) is 3.38. The summed E-state index contributed by atoms with van der Waals surface area (Å²) in [4.78, 5) is 14.3. The maximum absolute atomic E-state index is 12.7. The lowest BCUT2D eigenvalue weighted by Gasteiger charge is -1.99. The zero-order chi connectivity index (χ0) is 12.0. The summed E-state index contributed by atoms with van der Waals surface area (Å²) in [5, 5.41) is 2.82. The Morgan fingerprint density at radius 2 is 2.50 bits per heavy atom. The van der Waals surface area contributed by atoms with Crippen LogP contribution in [0.15, 0.2) is 22.9 Å². The monoisotopic (exact) mass is 241 g/mol. The van der Waals surface area contributed by atoms with Crippen molar-refractivity contribution in [3.8, 4) is 0 Å². The van der Waals surface area contributed by atoms with E-state index in [2.05, 4.69) is 14.8 Å². The lowest BCUT2D eigenvalue weighted by Crippen LogP contribution is -2.05. The van der Waals surface area contributed by atoms with Gasteiger partial charge >= 0.3 is 5.97 Å². The molecule has 0 radical (unpaired) electrons. The second-order valence-electron chi connectivity index (χ2n) is 2.58. The molecule has 0 amide bonds. The summed E-state index contributed by atoms with van der Waals surface area (Å²) in [5.41, 5.74) is 8.09. The van der Waals surface area contributed by atoms with E-state index in [1.54, 1.807) is 6.92 Å². The van der Waals surface area contributed by atoms with Crippen molar-refractivity contribution in [2.24, 2.45) is 5.11 Å². The van der Waals surface area contributed by atoms with Crippen LogP contribution in [0, 0.1) is 5.13 Å². The molecule has 0 bridgehead atoms. The van der Waals surface area contributed by atoms with Gasteiger partial charge in [-0.2, -0.15) is 4.39 Å². The molecule has 0 spiro atoms. The number of ether oxygens (including phenoxy) is 1. The standard InChI is InChI=1S/C9H8FN3O2S/c1-2-15-9(14)7(12-13-11)5-6-3-4-8(10)16-6/h3-5H,2H2,1H3/b7-5-. The second-order valence-corrected chi connectivity index (χ2v) is 3.65. The summed E-state index contributed by atoms with van der Waals surface area (Å²) in [7, 11) is 0. The molecule has 1 aromatic heterocycles. The molecule has 16 heavy (non-hydrogen) atoms. The Balaban J connectivity index is 2.97. The highest BCUT2D eigenvalue weighted by molar-refractivity contribution is 7.11. The Labute approximate surface area is 94.8 Å². The summed E-state index contributed by atoms with van der Waals surface area (Å²) >= 11 is 0.843. The van der Waals surface area contributed by atoms with Crippen molar-refractivity contribution in [2.45, 2.75) is 6.92 Å². The normalized spacial score (nSPS) is 10.8. The van der Waals surface area contributed by atoms with E-state index in [1.165, 1.54) is 18.2 Å². The van der Waals surface area contributed by atoms with Crippen LogP contribution in [-0.4, -0.2) is 12.6 Å². The highest BCUT2D eigenvalue weighted by atomic mass is 32.1. The largest absolute Gasteiger partial charge is 0.462 e. The first kappa shape index (κ1) is 12.2. The van der Waals surface area contributed by atoms with E-state index < -0.39 is 5.97 Å². The molecule has 1 aromatic rings. The minimum absolute atomic E-state index is 0.177. The van der Waals surface area contributed by atoms with Crippen molar-refractivity contribution in [1.82, 2.24) is 0 Å². The fourth-order valence-electron chi connectivity index (χ4n) is 0.922. The molecule has 0 aliphatic carbocycles. The van der Waals surface area contributed by atoms with E-state index in [-0.39, 0.29) is 17.4 Å². The van der Waals surface area contributed by atoms with E-state index in [9.17, 15) is 9.18 Å². The van der Waals surface area contributed by atoms with Crippen molar-refractivity contribution in [1.29, 1.82) is 0 Å². The van der Waals surface area contributed by atoms with E-state index >= 15 is 0 Å². The number of carbonyl (C=O) groups excluding carboxylic acids is 1. The molecule has 1 heterocycles. The number of hydrogen-bond acceptors (Lipinski definition) is 4. The molecule has 0 aliphatic rings. The molecular formula is C9H8FN3O2S. The molecule has 0 unspecified atom stereocenters. The number of hydrogen-bond donors (Lipinski definition) is 0. The van der Waals surface area contributed by atoms with Crippen molar-refractivity contribution in [3.63, 3.8) is 0 Å². The smallest absolute Gasteiger partial charge is 0.340 e. The van der Waals surface area contributed by atoms with Gasteiger partial charge in [0.15, 0.2) is 5.13 Å². The number of halogens is 1. The number of rotatable bonds is 4. The van der Waals surface area contributed by atoms with Crippen LogP contribution in [0.5, 0.6) is 0 Å². The Morgan fingerprint density at radius 3 is 3.00 bits per heavy atom. The van der Waals surface area contributed by atoms with Crippen molar-refractivity contribution in [2.75, 3.05) is 6.61 Å². The average Bonchev–Trinajstić information content (AvgIpc) is 2.64. The first-order chi connectivity index (χ1) is 7.67. The molecule has 0 aromatic carbocycles. The lowest BCUT2D eigenvalue weighted by atomic mass is 10.3. The average molecular weight is 241 g/mol. The topological polar surface area (TPSA) is 75.1 Å². The fourth-order valence-corrected chi connectivity index (χ4v) is 1.59. The van der Waals surface area contributed by atoms with Gasteiger partial charge in [-0.1, -0.05) is 5.11 Å². The van der Waals surface area contributed by atoms with Gasteiger partial charge in [0, 0.05) is 9.79 Å². The number of carbonyl (C=O) groups is 1. The van der Waals surface area contributed by atoms with Gasteiger partial charge in [-0.25, -0.2) is 4.79 Å². The molecule has 1 rings (SSSR count). The van der Waals surface area contributed by atoms with Crippen LogP contribution >= 0.6 is 11.3 Å². The highest BCUT2D eigenvalue weighted by Gasteiger charge is 2.09. The third-order valence-electron chi connectivity index (χ3n) is 1.51. The Hall–Kier alpha value is -1.85. The Morgan fingerprint density at radius 1 is 1.75 bits per heavy atom. The van der Waals surface area contributed by atoms with Crippen LogP contribution in [-0.2, 0) is 9.53 Å². The second kappa shape index (κ2) is 5.89. The maximum Gasteiger partial charge on any atom is 0.340 e. The molecule has 0 atom stereocenters. The van der Waals surface area contributed by atoms with Crippen LogP contribution < -0.4 is 0 Å². The zero-order valence-corrected chi connectivity index (χ0v) is 9.20. The van der Waals surface area contributed by atoms with E-state index in [0.29, 0.717) is 4.88 Å². The minimum atomic E-state index is -0.728. The first-order valence-electron chi connectivity index (χ1n) is 4.36.